The largest absolute Gasteiger partial charge is 0.480 e. The Bertz CT molecular complexity index is 986. The zero-order valence-corrected chi connectivity index (χ0v) is 20.5. The van der Waals surface area contributed by atoms with Crippen LogP contribution >= 0.6 is 12.6 Å². The van der Waals surface area contributed by atoms with Crippen LogP contribution in [0.4, 0.5) is 0 Å². The maximum atomic E-state index is 13.1. The number of aromatic nitrogens is 2. The number of thiol groups is 1. The summed E-state index contributed by atoms with van der Waals surface area (Å²) in [5.41, 5.74) is 7.14. The molecule has 7 N–H and O–H groups in total. The van der Waals surface area contributed by atoms with E-state index in [1.165, 1.54) is 12.5 Å². The van der Waals surface area contributed by atoms with Crippen molar-refractivity contribution in [2.75, 3.05) is 5.75 Å². The molecule has 0 bridgehead atoms. The van der Waals surface area contributed by atoms with Gasteiger partial charge in [0.15, 0.2) is 0 Å². The highest BCUT2D eigenvalue weighted by Crippen LogP contribution is 2.07. The maximum absolute atomic E-state index is 13.1. The van der Waals surface area contributed by atoms with Crippen LogP contribution in [0.3, 0.4) is 0 Å². The van der Waals surface area contributed by atoms with Crippen LogP contribution in [0.1, 0.15) is 25.1 Å². The van der Waals surface area contributed by atoms with Crippen molar-refractivity contribution >= 4 is 36.3 Å². The molecule has 0 aliphatic rings. The molecular formula is C23H32N6O5S. The minimum atomic E-state index is -1.25. The summed E-state index contributed by atoms with van der Waals surface area (Å²) in [6, 6.07) is 4.75. The molecule has 1 heterocycles. The number of carboxylic acid groups (broad SMARTS) is 1. The first-order valence-electron chi connectivity index (χ1n) is 11.1. The highest BCUT2D eigenvalue weighted by molar-refractivity contribution is 7.80. The lowest BCUT2D eigenvalue weighted by Gasteiger charge is -2.25. The second kappa shape index (κ2) is 13.5. The van der Waals surface area contributed by atoms with Crippen LogP contribution in [-0.2, 0) is 32.0 Å². The Balaban J connectivity index is 2.17. The van der Waals surface area contributed by atoms with E-state index >= 15 is 0 Å². The summed E-state index contributed by atoms with van der Waals surface area (Å²) in [7, 11) is 0. The molecule has 2 aromatic rings. The molecule has 0 saturated heterocycles. The van der Waals surface area contributed by atoms with Crippen LogP contribution in [0.5, 0.6) is 0 Å². The van der Waals surface area contributed by atoms with Gasteiger partial charge in [-0.25, -0.2) is 9.78 Å². The Kier molecular flexibility index (Phi) is 10.7. The van der Waals surface area contributed by atoms with E-state index in [0.717, 1.165) is 5.56 Å². The molecule has 0 aliphatic heterocycles. The number of aromatic amines is 1. The van der Waals surface area contributed by atoms with Gasteiger partial charge in [0.05, 0.1) is 12.4 Å². The van der Waals surface area contributed by atoms with Gasteiger partial charge in [0.1, 0.15) is 18.1 Å². The Labute approximate surface area is 209 Å². The molecule has 11 nitrogen and oxygen atoms in total. The van der Waals surface area contributed by atoms with Gasteiger partial charge in [-0.1, -0.05) is 44.2 Å². The number of benzene rings is 1. The zero-order chi connectivity index (χ0) is 26.0. The molecule has 1 aromatic carbocycles. The maximum Gasteiger partial charge on any atom is 0.326 e. The highest BCUT2D eigenvalue weighted by Gasteiger charge is 2.30. The third-order valence-corrected chi connectivity index (χ3v) is 5.71. The van der Waals surface area contributed by atoms with E-state index in [9.17, 15) is 24.3 Å². The third-order valence-electron chi connectivity index (χ3n) is 5.35. The summed E-state index contributed by atoms with van der Waals surface area (Å²) in [4.78, 5) is 56.8. The van der Waals surface area contributed by atoms with Gasteiger partial charge < -0.3 is 31.8 Å². The third kappa shape index (κ3) is 8.72. The molecule has 0 fully saturated rings. The Morgan fingerprint density at radius 2 is 1.57 bits per heavy atom. The molecule has 190 valence electrons. The number of nitrogens with two attached hydrogens (primary N) is 1. The number of rotatable bonds is 13. The van der Waals surface area contributed by atoms with Gasteiger partial charge in [0, 0.05) is 30.5 Å². The Hall–Kier alpha value is -3.38. The number of nitrogens with zero attached hydrogens (tertiary/aromatic N) is 1. The fourth-order valence-electron chi connectivity index (χ4n) is 3.18. The predicted octanol–water partition coefficient (Wildman–Crippen LogP) is -0.353. The second-order valence-electron chi connectivity index (χ2n) is 8.44. The quantitative estimate of drug-likeness (QED) is 0.182. The normalized spacial score (nSPS) is 14.4. The number of carboxylic acids is 1. The summed E-state index contributed by atoms with van der Waals surface area (Å²) in [6.45, 7) is 3.56. The lowest BCUT2D eigenvalue weighted by atomic mass is 10.0. The number of H-pyrrole nitrogens is 1. The van der Waals surface area contributed by atoms with Gasteiger partial charge in [0.2, 0.25) is 17.7 Å². The lowest BCUT2D eigenvalue weighted by Crippen LogP contribution is -2.58. The fourth-order valence-corrected chi connectivity index (χ4v) is 3.44. The topological polar surface area (TPSA) is 179 Å². The molecule has 12 heteroatoms. The van der Waals surface area contributed by atoms with E-state index in [-0.39, 0.29) is 24.5 Å². The van der Waals surface area contributed by atoms with E-state index < -0.39 is 47.9 Å². The highest BCUT2D eigenvalue weighted by atomic mass is 32.1. The zero-order valence-electron chi connectivity index (χ0n) is 19.6. The first-order chi connectivity index (χ1) is 16.6. The average Bonchev–Trinajstić information content (AvgIpc) is 3.34. The summed E-state index contributed by atoms with van der Waals surface area (Å²) >= 11 is 4.15. The Morgan fingerprint density at radius 3 is 2.11 bits per heavy atom. The van der Waals surface area contributed by atoms with Gasteiger partial charge >= 0.3 is 5.97 Å². The van der Waals surface area contributed by atoms with Crippen LogP contribution in [0, 0.1) is 5.92 Å². The number of hydrogen-bond acceptors (Lipinski definition) is 7. The number of carbonyl (C=O) groups is 4. The summed E-state index contributed by atoms with van der Waals surface area (Å²) < 4.78 is 0. The first-order valence-corrected chi connectivity index (χ1v) is 11.8. The number of imidazole rings is 1. The number of nitrogens with one attached hydrogen (secondary N) is 4. The molecule has 0 spiro atoms. The molecule has 2 rings (SSSR count). The molecule has 1 aromatic heterocycles. The van der Waals surface area contributed by atoms with Gasteiger partial charge in [-0.2, -0.15) is 12.6 Å². The molecule has 4 atom stereocenters. The number of amides is 3. The molecule has 0 aliphatic carbocycles. The van der Waals surface area contributed by atoms with E-state index in [1.54, 1.807) is 38.1 Å². The molecule has 35 heavy (non-hydrogen) atoms. The minimum absolute atomic E-state index is 0.0184. The van der Waals surface area contributed by atoms with E-state index in [2.05, 4.69) is 38.5 Å². The van der Waals surface area contributed by atoms with Gasteiger partial charge in [0.25, 0.3) is 0 Å². The van der Waals surface area contributed by atoms with Crippen molar-refractivity contribution in [1.82, 2.24) is 25.9 Å². The molecule has 4 unspecified atom stereocenters. The van der Waals surface area contributed by atoms with Crippen LogP contribution in [-0.4, -0.2) is 68.7 Å². The average molecular weight is 505 g/mol. The van der Waals surface area contributed by atoms with Crippen molar-refractivity contribution in [2.24, 2.45) is 11.7 Å². The van der Waals surface area contributed by atoms with Gasteiger partial charge in [-0.05, 0) is 11.5 Å². The fraction of sp³-hybridized carbons (Fsp3) is 0.435. The Morgan fingerprint density at radius 1 is 0.971 bits per heavy atom. The first kappa shape index (κ1) is 27.9. The van der Waals surface area contributed by atoms with Crippen molar-refractivity contribution in [2.45, 2.75) is 50.9 Å². The summed E-state index contributed by atoms with van der Waals surface area (Å²) in [5.74, 6) is -3.24. The summed E-state index contributed by atoms with van der Waals surface area (Å²) in [6.07, 6.45) is 2.96. The van der Waals surface area contributed by atoms with Crippen molar-refractivity contribution in [3.05, 3.63) is 54.1 Å². The van der Waals surface area contributed by atoms with E-state index in [0.29, 0.717) is 5.69 Å². The SMILES string of the molecule is CC(C)C(N)C(=O)NC(CS)C(=O)NC(Cc1ccccc1)C(=O)NC(Cc1cnc[nH]1)C(=O)O. The molecule has 0 radical (unpaired) electrons. The lowest BCUT2D eigenvalue weighted by molar-refractivity contribution is -0.142. The van der Waals surface area contributed by atoms with E-state index in [4.69, 9.17) is 5.73 Å². The minimum Gasteiger partial charge on any atom is -0.480 e. The number of aliphatic carboxylic acids is 1. The number of hydrogen-bond donors (Lipinski definition) is 7. The van der Waals surface area contributed by atoms with Crippen LogP contribution in [0.2, 0.25) is 0 Å². The van der Waals surface area contributed by atoms with Crippen LogP contribution in [0.15, 0.2) is 42.9 Å². The van der Waals surface area contributed by atoms with Crippen molar-refractivity contribution < 1.29 is 24.3 Å². The van der Waals surface area contributed by atoms with Crippen LogP contribution in [0.25, 0.3) is 0 Å². The van der Waals surface area contributed by atoms with Crippen LogP contribution < -0.4 is 21.7 Å². The summed E-state index contributed by atoms with van der Waals surface area (Å²) in [5, 5.41) is 17.3. The van der Waals surface area contributed by atoms with Gasteiger partial charge in [-0.15, -0.1) is 0 Å². The molecular weight excluding hydrogens is 472 g/mol. The van der Waals surface area contributed by atoms with Crippen molar-refractivity contribution in [3.63, 3.8) is 0 Å². The van der Waals surface area contributed by atoms with Crippen molar-refractivity contribution in [3.8, 4) is 0 Å². The smallest absolute Gasteiger partial charge is 0.326 e. The standard InChI is InChI=1S/C23H32N6O5S/c1-13(2)19(24)22(32)29-18(11-35)21(31)27-16(8-14-6-4-3-5-7-14)20(30)28-17(23(33)34)9-15-10-25-12-26-15/h3-7,10,12-13,16-19,35H,8-9,11,24H2,1-2H3,(H,25,26)(H,27,31)(H,28,30)(H,29,32)(H,33,34). The van der Waals surface area contributed by atoms with Crippen molar-refractivity contribution in [1.29, 1.82) is 0 Å². The monoisotopic (exact) mass is 504 g/mol. The second-order valence-corrected chi connectivity index (χ2v) is 8.81. The van der Waals surface area contributed by atoms with E-state index in [1.807, 2.05) is 6.07 Å². The number of carbonyl (C=O) groups excluding carboxylic acids is 3. The molecule has 0 saturated carbocycles. The van der Waals surface area contributed by atoms with Gasteiger partial charge in [-0.3, -0.25) is 14.4 Å². The molecule has 3 amide bonds. The predicted molar refractivity (Wildman–Crippen MR) is 133 cm³/mol.